The first-order valence-electron chi connectivity index (χ1n) is 7.29. The quantitative estimate of drug-likeness (QED) is 0.884. The predicted octanol–water partition coefficient (Wildman–Crippen LogP) is 3.27. The second kappa shape index (κ2) is 6.83. The molecule has 0 radical (unpaired) electrons. The van der Waals surface area contributed by atoms with Gasteiger partial charge in [0.15, 0.2) is 0 Å². The molecule has 0 saturated heterocycles. The van der Waals surface area contributed by atoms with Crippen molar-refractivity contribution in [2.45, 2.75) is 26.5 Å². The van der Waals surface area contributed by atoms with E-state index >= 15 is 0 Å². The fraction of sp³-hybridized carbons (Fsp3) is 0.389. The Labute approximate surface area is 127 Å². The van der Waals surface area contributed by atoms with Crippen molar-refractivity contribution in [1.82, 2.24) is 9.88 Å². The summed E-state index contributed by atoms with van der Waals surface area (Å²) in [5.41, 5.74) is 1.93. The van der Waals surface area contributed by atoms with Crippen molar-refractivity contribution in [3.63, 3.8) is 0 Å². The van der Waals surface area contributed by atoms with Gasteiger partial charge >= 0.3 is 0 Å². The SMILES string of the molecule is CN(Cc1cccnc1)CC(C)(C)C(O)c1ccccc1. The molecule has 112 valence electrons. The molecule has 0 aliphatic heterocycles. The Kier molecular flexibility index (Phi) is 5.10. The summed E-state index contributed by atoms with van der Waals surface area (Å²) < 4.78 is 0. The summed E-state index contributed by atoms with van der Waals surface area (Å²) in [5, 5.41) is 10.6. The minimum absolute atomic E-state index is 0.224. The summed E-state index contributed by atoms with van der Waals surface area (Å²) in [7, 11) is 2.08. The standard InChI is InChI=1S/C18H24N2O/c1-18(2,17(21)16-9-5-4-6-10-16)14-20(3)13-15-8-7-11-19-12-15/h4-12,17,21H,13-14H2,1-3H3. The van der Waals surface area contributed by atoms with E-state index in [1.807, 2.05) is 42.6 Å². The topological polar surface area (TPSA) is 36.4 Å². The van der Waals surface area contributed by atoms with Gasteiger partial charge in [0, 0.05) is 30.9 Å². The smallest absolute Gasteiger partial charge is 0.0853 e. The molecule has 1 unspecified atom stereocenters. The van der Waals surface area contributed by atoms with Gasteiger partial charge in [-0.15, -0.1) is 0 Å². The van der Waals surface area contributed by atoms with Crippen molar-refractivity contribution in [3.8, 4) is 0 Å². The second-order valence-corrected chi connectivity index (χ2v) is 6.34. The first-order valence-corrected chi connectivity index (χ1v) is 7.29. The molecule has 21 heavy (non-hydrogen) atoms. The minimum atomic E-state index is -0.477. The van der Waals surface area contributed by atoms with E-state index in [1.165, 1.54) is 5.56 Å². The van der Waals surface area contributed by atoms with Gasteiger partial charge in [0.05, 0.1) is 6.10 Å². The van der Waals surface area contributed by atoms with Crippen LogP contribution in [0.5, 0.6) is 0 Å². The van der Waals surface area contributed by atoms with Crippen LogP contribution >= 0.6 is 0 Å². The Morgan fingerprint density at radius 1 is 1.14 bits per heavy atom. The maximum absolute atomic E-state index is 10.6. The molecule has 0 saturated carbocycles. The van der Waals surface area contributed by atoms with Gasteiger partial charge in [0.25, 0.3) is 0 Å². The molecule has 1 atom stereocenters. The lowest BCUT2D eigenvalue weighted by Gasteiger charge is -2.34. The van der Waals surface area contributed by atoms with Crippen molar-refractivity contribution < 1.29 is 5.11 Å². The van der Waals surface area contributed by atoms with Crippen LogP contribution < -0.4 is 0 Å². The number of hydrogen-bond acceptors (Lipinski definition) is 3. The zero-order valence-electron chi connectivity index (χ0n) is 13.0. The highest BCUT2D eigenvalue weighted by molar-refractivity contribution is 5.19. The fourth-order valence-corrected chi connectivity index (χ4v) is 2.73. The van der Waals surface area contributed by atoms with Crippen molar-refractivity contribution in [2.24, 2.45) is 5.41 Å². The monoisotopic (exact) mass is 284 g/mol. The first-order chi connectivity index (χ1) is 9.99. The van der Waals surface area contributed by atoms with Crippen LogP contribution in [0.3, 0.4) is 0 Å². The molecule has 0 aliphatic rings. The number of hydrogen-bond donors (Lipinski definition) is 1. The van der Waals surface area contributed by atoms with E-state index in [-0.39, 0.29) is 5.41 Å². The molecule has 2 aromatic rings. The van der Waals surface area contributed by atoms with Gasteiger partial charge in [-0.1, -0.05) is 50.2 Å². The van der Waals surface area contributed by atoms with Gasteiger partial charge in [-0.25, -0.2) is 0 Å². The summed E-state index contributed by atoms with van der Waals surface area (Å²) >= 11 is 0. The molecule has 1 heterocycles. The zero-order valence-corrected chi connectivity index (χ0v) is 13.0. The van der Waals surface area contributed by atoms with Crippen LogP contribution in [0.4, 0.5) is 0 Å². The van der Waals surface area contributed by atoms with Crippen molar-refractivity contribution in [3.05, 3.63) is 66.0 Å². The molecule has 0 amide bonds. The minimum Gasteiger partial charge on any atom is -0.388 e. The van der Waals surface area contributed by atoms with Crippen LogP contribution in [-0.2, 0) is 6.54 Å². The van der Waals surface area contributed by atoms with Gasteiger partial charge in [-0.2, -0.15) is 0 Å². The summed E-state index contributed by atoms with van der Waals surface area (Å²) in [6.45, 7) is 5.84. The lowest BCUT2D eigenvalue weighted by Crippen LogP contribution is -2.35. The number of rotatable bonds is 6. The molecule has 0 bridgehead atoms. The number of nitrogens with zero attached hydrogens (tertiary/aromatic N) is 2. The van der Waals surface area contributed by atoms with E-state index in [9.17, 15) is 5.11 Å². The van der Waals surface area contributed by atoms with Gasteiger partial charge in [0.2, 0.25) is 0 Å². The predicted molar refractivity (Wildman–Crippen MR) is 85.8 cm³/mol. The maximum atomic E-state index is 10.6. The van der Waals surface area contributed by atoms with E-state index in [2.05, 4.69) is 36.8 Å². The molecule has 0 aliphatic carbocycles. The molecular weight excluding hydrogens is 260 g/mol. The van der Waals surface area contributed by atoms with Crippen LogP contribution in [0.15, 0.2) is 54.9 Å². The number of aliphatic hydroxyl groups is 1. The average Bonchev–Trinajstić information content (AvgIpc) is 2.47. The highest BCUT2D eigenvalue weighted by Gasteiger charge is 2.30. The third-order valence-electron chi connectivity index (χ3n) is 3.71. The van der Waals surface area contributed by atoms with Crippen LogP contribution in [0.25, 0.3) is 0 Å². The highest BCUT2D eigenvalue weighted by Crippen LogP contribution is 2.33. The molecule has 1 aromatic heterocycles. The molecule has 3 heteroatoms. The molecule has 1 N–H and O–H groups in total. The van der Waals surface area contributed by atoms with Crippen molar-refractivity contribution in [2.75, 3.05) is 13.6 Å². The highest BCUT2D eigenvalue weighted by atomic mass is 16.3. The number of aliphatic hydroxyl groups excluding tert-OH is 1. The molecule has 0 fully saturated rings. The summed E-state index contributed by atoms with van der Waals surface area (Å²) in [6.07, 6.45) is 3.19. The number of aromatic nitrogens is 1. The molecule has 2 rings (SSSR count). The maximum Gasteiger partial charge on any atom is 0.0853 e. The largest absolute Gasteiger partial charge is 0.388 e. The Morgan fingerprint density at radius 3 is 2.48 bits per heavy atom. The van der Waals surface area contributed by atoms with Gasteiger partial charge < -0.3 is 10.0 Å². The van der Waals surface area contributed by atoms with Crippen molar-refractivity contribution in [1.29, 1.82) is 0 Å². The summed E-state index contributed by atoms with van der Waals surface area (Å²) in [6, 6.07) is 13.9. The zero-order chi connectivity index (χ0) is 15.3. The normalized spacial score (nSPS) is 13.4. The van der Waals surface area contributed by atoms with Crippen LogP contribution in [0.1, 0.15) is 31.1 Å². The third-order valence-corrected chi connectivity index (χ3v) is 3.71. The molecule has 0 spiro atoms. The van der Waals surface area contributed by atoms with E-state index in [0.717, 1.165) is 18.7 Å². The van der Waals surface area contributed by atoms with Crippen LogP contribution in [0, 0.1) is 5.41 Å². The Morgan fingerprint density at radius 2 is 1.86 bits per heavy atom. The van der Waals surface area contributed by atoms with Gasteiger partial charge in [-0.3, -0.25) is 4.98 Å². The Hall–Kier alpha value is -1.71. The fourth-order valence-electron chi connectivity index (χ4n) is 2.73. The van der Waals surface area contributed by atoms with Gasteiger partial charge in [0.1, 0.15) is 0 Å². The average molecular weight is 284 g/mol. The second-order valence-electron chi connectivity index (χ2n) is 6.34. The number of pyridine rings is 1. The lowest BCUT2D eigenvalue weighted by atomic mass is 9.82. The van der Waals surface area contributed by atoms with Crippen molar-refractivity contribution >= 4 is 0 Å². The first kappa shape index (κ1) is 15.7. The molecule has 1 aromatic carbocycles. The summed E-state index contributed by atoms with van der Waals surface area (Å²) in [5.74, 6) is 0. The number of benzene rings is 1. The van der Waals surface area contributed by atoms with Crippen LogP contribution in [0.2, 0.25) is 0 Å². The van der Waals surface area contributed by atoms with Gasteiger partial charge in [-0.05, 0) is 24.2 Å². The van der Waals surface area contributed by atoms with E-state index in [4.69, 9.17) is 0 Å². The molecule has 3 nitrogen and oxygen atoms in total. The summed E-state index contributed by atoms with van der Waals surface area (Å²) in [4.78, 5) is 6.37. The molecular formula is C18H24N2O. The third kappa shape index (κ3) is 4.38. The Bertz CT molecular complexity index is 540. The van der Waals surface area contributed by atoms with E-state index in [1.54, 1.807) is 6.20 Å². The lowest BCUT2D eigenvalue weighted by molar-refractivity contribution is 0.0243. The van der Waals surface area contributed by atoms with E-state index < -0.39 is 6.10 Å². The van der Waals surface area contributed by atoms with E-state index in [0.29, 0.717) is 0 Å². The Balaban J connectivity index is 2.00. The van der Waals surface area contributed by atoms with Crippen LogP contribution in [-0.4, -0.2) is 28.6 Å².